The Bertz CT molecular complexity index is 842. The second-order valence-electron chi connectivity index (χ2n) is 8.13. The molecular formula is C21H33IN4O3S. The summed E-state index contributed by atoms with van der Waals surface area (Å²) < 4.78 is 33.9. The molecule has 3 aliphatic rings. The quantitative estimate of drug-likeness (QED) is 0.325. The molecule has 2 N–H and O–H groups in total. The number of fused-ring (bicyclic) bond motifs is 2. The van der Waals surface area contributed by atoms with E-state index < -0.39 is 10.0 Å². The summed E-state index contributed by atoms with van der Waals surface area (Å²) in [5, 5.41) is 6.78. The molecule has 3 aliphatic heterocycles. The van der Waals surface area contributed by atoms with E-state index >= 15 is 0 Å². The lowest BCUT2D eigenvalue weighted by Gasteiger charge is -2.26. The molecule has 3 fully saturated rings. The van der Waals surface area contributed by atoms with Crippen LogP contribution in [0.5, 0.6) is 0 Å². The summed E-state index contributed by atoms with van der Waals surface area (Å²) in [5.41, 5.74) is 0.736. The highest BCUT2D eigenvalue weighted by Gasteiger charge is 2.41. The maximum atomic E-state index is 13.2. The minimum atomic E-state index is -3.48. The van der Waals surface area contributed by atoms with E-state index in [1.54, 1.807) is 16.4 Å². The van der Waals surface area contributed by atoms with Crippen LogP contribution in [0.25, 0.3) is 0 Å². The number of nitrogens with one attached hydrogen (secondary N) is 2. The number of sulfonamides is 1. The van der Waals surface area contributed by atoms with Crippen molar-refractivity contribution in [2.24, 2.45) is 4.99 Å². The molecule has 9 heteroatoms. The second kappa shape index (κ2) is 10.6. The number of aliphatic imine (C=N–C) groups is 1. The van der Waals surface area contributed by atoms with Gasteiger partial charge in [0.15, 0.2) is 5.96 Å². The van der Waals surface area contributed by atoms with Crippen molar-refractivity contribution in [2.45, 2.75) is 75.1 Å². The number of hydrogen-bond donors (Lipinski definition) is 2. The lowest BCUT2D eigenvalue weighted by atomic mass is 9.96. The Balaban J connectivity index is 0.00000256. The Morgan fingerprint density at radius 1 is 1.20 bits per heavy atom. The minimum absolute atomic E-state index is 0. The molecule has 3 atom stereocenters. The summed E-state index contributed by atoms with van der Waals surface area (Å²) in [4.78, 5) is 5.09. The van der Waals surface area contributed by atoms with E-state index in [-0.39, 0.29) is 36.1 Å². The van der Waals surface area contributed by atoms with Crippen molar-refractivity contribution in [3.63, 3.8) is 0 Å². The van der Waals surface area contributed by atoms with Crippen LogP contribution in [0, 0.1) is 0 Å². The molecule has 1 aromatic rings. The predicted molar refractivity (Wildman–Crippen MR) is 129 cm³/mol. The van der Waals surface area contributed by atoms with Gasteiger partial charge in [0, 0.05) is 19.6 Å². The number of halogens is 1. The Morgan fingerprint density at radius 2 is 1.97 bits per heavy atom. The Labute approximate surface area is 197 Å². The molecule has 168 valence electrons. The first-order chi connectivity index (χ1) is 14.1. The molecule has 0 aliphatic carbocycles. The van der Waals surface area contributed by atoms with Crippen molar-refractivity contribution in [3.05, 3.63) is 29.8 Å². The largest absolute Gasteiger partial charge is 0.373 e. The van der Waals surface area contributed by atoms with Gasteiger partial charge in [-0.2, -0.15) is 4.31 Å². The number of rotatable bonds is 6. The third kappa shape index (κ3) is 5.28. The first kappa shape index (κ1) is 23.7. The summed E-state index contributed by atoms with van der Waals surface area (Å²) in [6.07, 6.45) is 6.85. The smallest absolute Gasteiger partial charge is 0.243 e. The molecule has 4 rings (SSSR count). The van der Waals surface area contributed by atoms with Crippen molar-refractivity contribution in [1.82, 2.24) is 14.9 Å². The average molecular weight is 548 g/mol. The molecule has 3 heterocycles. The van der Waals surface area contributed by atoms with Crippen molar-refractivity contribution < 1.29 is 13.2 Å². The Hall–Kier alpha value is -0.910. The van der Waals surface area contributed by atoms with Crippen molar-refractivity contribution >= 4 is 40.0 Å². The van der Waals surface area contributed by atoms with Crippen LogP contribution in [-0.4, -0.2) is 56.6 Å². The van der Waals surface area contributed by atoms with Crippen molar-refractivity contribution in [2.75, 3.05) is 19.6 Å². The van der Waals surface area contributed by atoms with Crippen LogP contribution >= 0.6 is 24.0 Å². The summed E-state index contributed by atoms with van der Waals surface area (Å²) in [6.45, 7) is 4.31. The molecule has 30 heavy (non-hydrogen) atoms. The molecule has 1 aromatic carbocycles. The van der Waals surface area contributed by atoms with E-state index in [1.807, 2.05) is 19.1 Å². The van der Waals surface area contributed by atoms with Crippen LogP contribution in [0.15, 0.2) is 34.2 Å². The van der Waals surface area contributed by atoms with Gasteiger partial charge in [0.05, 0.1) is 29.7 Å². The molecule has 2 bridgehead atoms. The molecule has 0 radical (unpaired) electrons. The lowest BCUT2D eigenvalue weighted by molar-refractivity contribution is 0.0992. The van der Waals surface area contributed by atoms with E-state index in [0.29, 0.717) is 30.6 Å². The van der Waals surface area contributed by atoms with Crippen LogP contribution in [0.4, 0.5) is 0 Å². The van der Waals surface area contributed by atoms with Gasteiger partial charge in [-0.25, -0.2) is 13.4 Å². The summed E-state index contributed by atoms with van der Waals surface area (Å²) >= 11 is 0. The highest BCUT2D eigenvalue weighted by Crippen LogP contribution is 2.34. The van der Waals surface area contributed by atoms with Gasteiger partial charge in [0.25, 0.3) is 0 Å². The molecule has 3 saturated heterocycles. The molecule has 3 unspecified atom stereocenters. The SMILES string of the molecule is CCNC(=NCc1ccccc1S(=O)(=O)N1CCCCC1)NC1CC2CCC1O2.I. The summed E-state index contributed by atoms with van der Waals surface area (Å²) in [5.74, 6) is 0.721. The van der Waals surface area contributed by atoms with Gasteiger partial charge in [-0.3, -0.25) is 0 Å². The zero-order valence-corrected chi connectivity index (χ0v) is 20.7. The van der Waals surface area contributed by atoms with Crippen LogP contribution in [0.2, 0.25) is 0 Å². The zero-order chi connectivity index (χ0) is 20.3. The Morgan fingerprint density at radius 3 is 2.63 bits per heavy atom. The number of ether oxygens (including phenoxy) is 1. The van der Waals surface area contributed by atoms with Crippen LogP contribution in [0.1, 0.15) is 51.0 Å². The minimum Gasteiger partial charge on any atom is -0.373 e. The number of nitrogens with zero attached hydrogens (tertiary/aromatic N) is 2. The first-order valence-corrected chi connectivity index (χ1v) is 12.3. The van der Waals surface area contributed by atoms with Gasteiger partial charge in [-0.15, -0.1) is 24.0 Å². The zero-order valence-electron chi connectivity index (χ0n) is 17.5. The highest BCUT2D eigenvalue weighted by molar-refractivity contribution is 14.0. The number of piperidine rings is 1. The van der Waals surface area contributed by atoms with Gasteiger partial charge in [-0.1, -0.05) is 24.6 Å². The van der Waals surface area contributed by atoms with Crippen LogP contribution in [0.3, 0.4) is 0 Å². The van der Waals surface area contributed by atoms with Crippen LogP contribution in [-0.2, 0) is 21.3 Å². The van der Waals surface area contributed by atoms with Gasteiger partial charge < -0.3 is 15.4 Å². The van der Waals surface area contributed by atoms with Crippen molar-refractivity contribution in [1.29, 1.82) is 0 Å². The predicted octanol–water partition coefficient (Wildman–Crippen LogP) is 2.85. The molecule has 0 aromatic heterocycles. The van der Waals surface area contributed by atoms with E-state index in [1.165, 1.54) is 0 Å². The molecular weight excluding hydrogens is 515 g/mol. The number of hydrogen-bond acceptors (Lipinski definition) is 4. The van der Waals surface area contributed by atoms with Gasteiger partial charge >= 0.3 is 0 Å². The highest BCUT2D eigenvalue weighted by atomic mass is 127. The van der Waals surface area contributed by atoms with E-state index in [4.69, 9.17) is 9.73 Å². The first-order valence-electron chi connectivity index (χ1n) is 10.9. The van der Waals surface area contributed by atoms with Gasteiger partial charge in [-0.05, 0) is 50.7 Å². The second-order valence-corrected chi connectivity index (χ2v) is 10.0. The van der Waals surface area contributed by atoms with Crippen LogP contribution < -0.4 is 10.6 Å². The summed E-state index contributed by atoms with van der Waals surface area (Å²) in [7, 11) is -3.48. The topological polar surface area (TPSA) is 83.0 Å². The molecule has 0 spiro atoms. The van der Waals surface area contributed by atoms with E-state index in [0.717, 1.165) is 56.6 Å². The fourth-order valence-corrected chi connectivity index (χ4v) is 6.31. The van der Waals surface area contributed by atoms with Gasteiger partial charge in [0.1, 0.15) is 0 Å². The third-order valence-corrected chi connectivity index (χ3v) is 8.08. The molecule has 0 amide bonds. The Kier molecular flexibility index (Phi) is 8.39. The average Bonchev–Trinajstić information content (AvgIpc) is 3.36. The standard InChI is InChI=1S/C21H32N4O3S.HI/c1-2-22-21(24-18-14-17-10-11-19(18)28-17)23-15-16-8-4-5-9-20(16)29(26,27)25-12-6-3-7-13-25;/h4-5,8-9,17-19H,2-3,6-7,10-15H2,1H3,(H2,22,23,24);1H. The van der Waals surface area contributed by atoms with Gasteiger partial charge in [0.2, 0.25) is 10.0 Å². The third-order valence-electron chi connectivity index (χ3n) is 6.09. The fourth-order valence-electron chi connectivity index (χ4n) is 4.58. The van der Waals surface area contributed by atoms with Crippen molar-refractivity contribution in [3.8, 4) is 0 Å². The molecule has 7 nitrogen and oxygen atoms in total. The fraction of sp³-hybridized carbons (Fsp3) is 0.667. The normalized spacial score (nSPS) is 27.0. The monoisotopic (exact) mass is 548 g/mol. The summed E-state index contributed by atoms with van der Waals surface area (Å²) in [6, 6.07) is 7.52. The number of guanidine groups is 1. The van der Waals surface area contributed by atoms with E-state index in [2.05, 4.69) is 10.6 Å². The number of benzene rings is 1. The maximum absolute atomic E-state index is 13.2. The molecule has 0 saturated carbocycles. The van der Waals surface area contributed by atoms with E-state index in [9.17, 15) is 8.42 Å². The lowest BCUT2D eigenvalue weighted by Crippen LogP contribution is -2.47. The maximum Gasteiger partial charge on any atom is 0.243 e.